The van der Waals surface area contributed by atoms with Gasteiger partial charge in [-0.15, -0.1) is 5.10 Å². The first-order valence-corrected chi connectivity index (χ1v) is 14.8. The number of methoxy groups -OCH3 is 1. The van der Waals surface area contributed by atoms with Crippen LogP contribution in [0.4, 0.5) is 5.95 Å². The number of nitrogens with one attached hydrogen (secondary N) is 1. The summed E-state index contributed by atoms with van der Waals surface area (Å²) in [6.07, 6.45) is 13.1. The highest BCUT2D eigenvalue weighted by Gasteiger charge is 2.43. The van der Waals surface area contributed by atoms with Crippen molar-refractivity contribution in [3.63, 3.8) is 0 Å². The van der Waals surface area contributed by atoms with Crippen molar-refractivity contribution in [1.29, 1.82) is 0 Å². The number of Topliss-reactive ketones (excluding diaryl/α,β-unsaturated/α-hetero) is 1. The van der Waals surface area contributed by atoms with Crippen molar-refractivity contribution < 1.29 is 19.4 Å². The van der Waals surface area contributed by atoms with Crippen LogP contribution < -0.4 is 5.32 Å². The van der Waals surface area contributed by atoms with Crippen molar-refractivity contribution in [2.45, 2.75) is 108 Å². The number of aliphatic hydroxyl groups excluding tert-OH is 1. The van der Waals surface area contributed by atoms with Crippen LogP contribution in [0.15, 0.2) is 24.7 Å². The fourth-order valence-electron chi connectivity index (χ4n) is 6.94. The van der Waals surface area contributed by atoms with Crippen LogP contribution in [0.2, 0.25) is 0 Å². The molecule has 0 radical (unpaired) electrons. The number of aromatic nitrogens is 5. The minimum absolute atomic E-state index is 0.0114. The Hall–Kier alpha value is -2.82. The molecule has 2 N–H and O–H groups in total. The first kappa shape index (κ1) is 27.4. The molecule has 10 heteroatoms. The quantitative estimate of drug-likeness (QED) is 0.405. The van der Waals surface area contributed by atoms with E-state index in [1.54, 1.807) is 7.11 Å². The molecule has 3 aromatic rings. The van der Waals surface area contributed by atoms with E-state index in [1.165, 1.54) is 0 Å². The molecule has 2 saturated heterocycles. The van der Waals surface area contributed by atoms with Gasteiger partial charge in [0.25, 0.3) is 0 Å². The summed E-state index contributed by atoms with van der Waals surface area (Å²) in [5.74, 6) is 1.08. The summed E-state index contributed by atoms with van der Waals surface area (Å²) in [6, 6.07) is 2.26. The van der Waals surface area contributed by atoms with Crippen LogP contribution >= 0.6 is 0 Å². The van der Waals surface area contributed by atoms with Gasteiger partial charge in [0.05, 0.1) is 42.8 Å². The number of nitrogens with zero attached hydrogens (tertiary/aromatic N) is 5. The Kier molecular flexibility index (Phi) is 7.43. The number of carbonyl (C=O) groups is 1. The highest BCUT2D eigenvalue weighted by atomic mass is 16.5. The maximum absolute atomic E-state index is 13.7. The maximum atomic E-state index is 13.7. The summed E-state index contributed by atoms with van der Waals surface area (Å²) in [7, 11) is 1.68. The highest BCUT2D eigenvalue weighted by molar-refractivity contribution is 5.88. The summed E-state index contributed by atoms with van der Waals surface area (Å²) in [5.41, 5.74) is 3.18. The number of carbonyl (C=O) groups excluding carboxylic acids is 1. The van der Waals surface area contributed by atoms with Crippen LogP contribution in [-0.4, -0.2) is 73.3 Å². The van der Waals surface area contributed by atoms with Gasteiger partial charge in [-0.05, 0) is 78.2 Å². The molecule has 1 saturated carbocycles. The molecule has 216 valence electrons. The zero-order valence-electron chi connectivity index (χ0n) is 24.0. The lowest BCUT2D eigenvalue weighted by Crippen LogP contribution is -2.43. The van der Waals surface area contributed by atoms with Crippen LogP contribution in [-0.2, 0) is 19.8 Å². The molecule has 3 fully saturated rings. The van der Waals surface area contributed by atoms with E-state index >= 15 is 0 Å². The Balaban J connectivity index is 1.32. The average molecular weight is 551 g/mol. The van der Waals surface area contributed by atoms with Crippen LogP contribution in [0.25, 0.3) is 16.6 Å². The second-order valence-electron chi connectivity index (χ2n) is 12.6. The molecule has 2 bridgehead atoms. The Morgan fingerprint density at radius 1 is 1.18 bits per heavy atom. The normalized spacial score (nSPS) is 27.7. The van der Waals surface area contributed by atoms with Gasteiger partial charge >= 0.3 is 0 Å². The Labute approximate surface area is 235 Å². The molecule has 4 atom stereocenters. The van der Waals surface area contributed by atoms with Crippen molar-refractivity contribution in [3.8, 4) is 11.1 Å². The average Bonchev–Trinajstić information content (AvgIpc) is 3.66. The van der Waals surface area contributed by atoms with Gasteiger partial charge in [0, 0.05) is 48.0 Å². The van der Waals surface area contributed by atoms with Crippen molar-refractivity contribution in [2.75, 3.05) is 19.0 Å². The van der Waals surface area contributed by atoms with Gasteiger partial charge in [0.2, 0.25) is 5.95 Å². The number of rotatable bonds is 9. The van der Waals surface area contributed by atoms with Crippen LogP contribution in [0.1, 0.15) is 83.7 Å². The number of hydrogen-bond donors (Lipinski definition) is 2. The van der Waals surface area contributed by atoms with Gasteiger partial charge < -0.3 is 19.9 Å². The Morgan fingerprint density at radius 2 is 1.90 bits per heavy atom. The lowest BCUT2D eigenvalue weighted by molar-refractivity contribution is -0.136. The topological polar surface area (TPSA) is 116 Å². The summed E-state index contributed by atoms with van der Waals surface area (Å²) in [5, 5.41) is 23.0. The number of aliphatic hydroxyl groups is 1. The first-order valence-electron chi connectivity index (χ1n) is 14.8. The third-order valence-electron chi connectivity index (χ3n) is 9.18. The van der Waals surface area contributed by atoms with Gasteiger partial charge in [0.15, 0.2) is 5.78 Å². The van der Waals surface area contributed by atoms with Crippen molar-refractivity contribution in [3.05, 3.63) is 30.4 Å². The second kappa shape index (κ2) is 10.9. The molecule has 10 nitrogen and oxygen atoms in total. The number of anilines is 1. The SMILES string of the molecule is COC[C@H](C)Nc1ncc2c(-c3cnn(C(C)(C)C(=O)C4C[C@H]5CC[C@@H](C4)O5)c3)cc(C3CCC(O)CC3)n2n1. The van der Waals surface area contributed by atoms with Crippen molar-refractivity contribution in [1.82, 2.24) is 24.4 Å². The monoisotopic (exact) mass is 550 g/mol. The molecule has 1 aliphatic carbocycles. The molecule has 6 rings (SSSR count). The predicted molar refractivity (Wildman–Crippen MR) is 151 cm³/mol. The molecule has 0 aromatic carbocycles. The third kappa shape index (κ3) is 5.17. The van der Waals surface area contributed by atoms with Gasteiger partial charge in [-0.2, -0.15) is 5.10 Å². The lowest BCUT2D eigenvalue weighted by Gasteiger charge is -2.33. The van der Waals surface area contributed by atoms with Gasteiger partial charge in [-0.3, -0.25) is 9.48 Å². The van der Waals surface area contributed by atoms with E-state index in [0.717, 1.165) is 73.7 Å². The second-order valence-corrected chi connectivity index (χ2v) is 12.6. The lowest BCUT2D eigenvalue weighted by atomic mass is 9.82. The smallest absolute Gasteiger partial charge is 0.241 e. The standard InChI is InChI=1S/C30H42N6O4/c1-18(17-39-4)33-29-31-15-27-25(13-26(36(27)34-29)19-5-7-22(37)8-6-19)21-14-32-35(16-21)30(2,3)28(38)20-11-23-9-10-24(12-20)40-23/h13-16,18-20,22-24,37H,5-12,17H2,1-4H3,(H,33,34)/t18-,19?,20?,22?,23-,24+/m0/s1. The van der Waals surface area contributed by atoms with Gasteiger partial charge in [0.1, 0.15) is 5.54 Å². The van der Waals surface area contributed by atoms with Gasteiger partial charge in [-0.25, -0.2) is 9.50 Å². The largest absolute Gasteiger partial charge is 0.393 e. The van der Waals surface area contributed by atoms with Gasteiger partial charge in [-0.1, -0.05) is 0 Å². The number of hydrogen-bond acceptors (Lipinski definition) is 8. The number of ether oxygens (including phenoxy) is 2. The molecule has 0 amide bonds. The molecule has 40 heavy (non-hydrogen) atoms. The predicted octanol–water partition coefficient (Wildman–Crippen LogP) is 4.32. The minimum Gasteiger partial charge on any atom is -0.393 e. The molecular formula is C30H42N6O4. The highest BCUT2D eigenvalue weighted by Crippen LogP contribution is 2.40. The summed E-state index contributed by atoms with van der Waals surface area (Å²) in [6.45, 7) is 6.53. The van der Waals surface area contributed by atoms with E-state index in [-0.39, 0.29) is 36.1 Å². The van der Waals surface area contributed by atoms with Crippen LogP contribution in [0, 0.1) is 5.92 Å². The van der Waals surface area contributed by atoms with Crippen molar-refractivity contribution in [2.24, 2.45) is 5.92 Å². The third-order valence-corrected chi connectivity index (χ3v) is 9.18. The molecule has 5 heterocycles. The van der Waals surface area contributed by atoms with E-state index < -0.39 is 5.54 Å². The van der Waals surface area contributed by atoms with Crippen LogP contribution in [0.3, 0.4) is 0 Å². The fourth-order valence-corrected chi connectivity index (χ4v) is 6.94. The van der Waals surface area contributed by atoms with E-state index in [2.05, 4.69) is 16.4 Å². The fraction of sp³-hybridized carbons (Fsp3) is 0.667. The zero-order valence-corrected chi connectivity index (χ0v) is 24.0. The number of ketones is 1. The van der Waals surface area contributed by atoms with E-state index in [0.29, 0.717) is 18.5 Å². The molecule has 2 aliphatic heterocycles. The summed E-state index contributed by atoms with van der Waals surface area (Å²) in [4.78, 5) is 18.3. The van der Waals surface area contributed by atoms with Crippen LogP contribution in [0.5, 0.6) is 0 Å². The molecule has 1 unspecified atom stereocenters. The molecule has 3 aromatic heterocycles. The Bertz CT molecular complexity index is 1350. The summed E-state index contributed by atoms with van der Waals surface area (Å²) >= 11 is 0. The van der Waals surface area contributed by atoms with E-state index in [1.807, 2.05) is 48.6 Å². The number of fused-ring (bicyclic) bond motifs is 3. The molecular weight excluding hydrogens is 508 g/mol. The summed E-state index contributed by atoms with van der Waals surface area (Å²) < 4.78 is 15.1. The molecule has 3 aliphatic rings. The van der Waals surface area contributed by atoms with Crippen molar-refractivity contribution >= 4 is 17.2 Å². The maximum Gasteiger partial charge on any atom is 0.241 e. The molecule has 0 spiro atoms. The minimum atomic E-state index is -0.761. The zero-order chi connectivity index (χ0) is 28.0. The first-order chi connectivity index (χ1) is 19.2. The van der Waals surface area contributed by atoms with E-state index in [4.69, 9.17) is 19.7 Å². The van der Waals surface area contributed by atoms with E-state index in [9.17, 15) is 9.90 Å². The Morgan fingerprint density at radius 3 is 2.60 bits per heavy atom.